The topological polar surface area (TPSA) is 78.3 Å². The first-order valence-electron chi connectivity index (χ1n) is 7.83. The molecule has 1 unspecified atom stereocenters. The summed E-state index contributed by atoms with van der Waals surface area (Å²) in [6.45, 7) is 0.178. The van der Waals surface area contributed by atoms with E-state index < -0.39 is 0 Å². The van der Waals surface area contributed by atoms with Gasteiger partial charge in [-0.2, -0.15) is 0 Å². The molecule has 8 heteroatoms. The van der Waals surface area contributed by atoms with E-state index in [1.807, 2.05) is 25.2 Å². The molecule has 0 spiro atoms. The number of aryl methyl sites for hydroxylation is 1. The van der Waals surface area contributed by atoms with Crippen LogP contribution < -0.4 is 14.8 Å². The lowest BCUT2D eigenvalue weighted by Gasteiger charge is -2.27. The molecular formula is C17H13ClN4O3. The van der Waals surface area contributed by atoms with Crippen LogP contribution in [-0.4, -0.2) is 27.7 Å². The van der Waals surface area contributed by atoms with Gasteiger partial charge >= 0.3 is 0 Å². The number of fused-ring (bicyclic) bond motifs is 4. The Morgan fingerprint density at radius 1 is 1.24 bits per heavy atom. The van der Waals surface area contributed by atoms with Gasteiger partial charge in [0.1, 0.15) is 5.52 Å². The van der Waals surface area contributed by atoms with Gasteiger partial charge in [-0.25, -0.2) is 4.68 Å². The number of nitrogens with zero attached hydrogens (tertiary/aromatic N) is 3. The standard InChI is InChI=1S/C17H13ClN4O3/c1-22-12-3-2-8-9(5-15(23)19-16(8)17(12)20-21-22)10-4-13-14(6-11(10)18)25-7-24-13/h2-4,6,9H,5,7H2,1H3,(H,19,23). The predicted molar refractivity (Wildman–Crippen MR) is 91.2 cm³/mol. The third-order valence-corrected chi connectivity index (χ3v) is 5.04. The molecule has 0 saturated carbocycles. The van der Waals surface area contributed by atoms with Crippen LogP contribution in [0.5, 0.6) is 11.5 Å². The number of amides is 1. The van der Waals surface area contributed by atoms with Crippen molar-refractivity contribution in [1.82, 2.24) is 15.0 Å². The molecule has 1 amide bonds. The Kier molecular flexibility index (Phi) is 2.96. The SMILES string of the molecule is Cn1nnc2c3c(ccc21)C(c1cc2c(cc1Cl)OCO2)CC(=O)N3. The maximum atomic E-state index is 12.3. The number of hydrogen-bond donors (Lipinski definition) is 1. The van der Waals surface area contributed by atoms with Gasteiger partial charge in [0.25, 0.3) is 0 Å². The number of aromatic nitrogens is 3. The van der Waals surface area contributed by atoms with Crippen molar-refractivity contribution in [2.24, 2.45) is 7.05 Å². The van der Waals surface area contributed by atoms with Gasteiger partial charge in [0.05, 0.1) is 11.2 Å². The van der Waals surface area contributed by atoms with E-state index in [0.29, 0.717) is 34.1 Å². The number of nitrogens with one attached hydrogen (secondary N) is 1. The molecule has 0 saturated heterocycles. The molecule has 2 aliphatic heterocycles. The Morgan fingerprint density at radius 2 is 2.04 bits per heavy atom. The van der Waals surface area contributed by atoms with Gasteiger partial charge in [-0.3, -0.25) is 4.79 Å². The number of carbonyl (C=O) groups excluding carboxylic acids is 1. The molecule has 0 aliphatic carbocycles. The highest BCUT2D eigenvalue weighted by Crippen LogP contribution is 2.46. The molecule has 5 rings (SSSR count). The smallest absolute Gasteiger partial charge is 0.231 e. The van der Waals surface area contributed by atoms with E-state index >= 15 is 0 Å². The van der Waals surface area contributed by atoms with Crippen LogP contribution in [0.4, 0.5) is 5.69 Å². The van der Waals surface area contributed by atoms with Crippen molar-refractivity contribution >= 4 is 34.2 Å². The maximum absolute atomic E-state index is 12.3. The van der Waals surface area contributed by atoms with Crippen molar-refractivity contribution in [1.29, 1.82) is 0 Å². The van der Waals surface area contributed by atoms with Crippen LogP contribution in [0.3, 0.4) is 0 Å². The normalized spacial score (nSPS) is 18.3. The molecule has 1 atom stereocenters. The summed E-state index contributed by atoms with van der Waals surface area (Å²) in [5, 5.41) is 11.7. The highest BCUT2D eigenvalue weighted by molar-refractivity contribution is 6.31. The van der Waals surface area contributed by atoms with Crippen LogP contribution in [-0.2, 0) is 11.8 Å². The number of ether oxygens (including phenoxy) is 2. The fourth-order valence-corrected chi connectivity index (χ4v) is 3.79. The molecule has 7 nitrogen and oxygen atoms in total. The summed E-state index contributed by atoms with van der Waals surface area (Å²) in [5.41, 5.74) is 4.03. The van der Waals surface area contributed by atoms with Crippen LogP contribution in [0, 0.1) is 0 Å². The number of anilines is 1. The van der Waals surface area contributed by atoms with Crippen LogP contribution >= 0.6 is 11.6 Å². The summed E-state index contributed by atoms with van der Waals surface area (Å²) in [6, 6.07) is 7.55. The second kappa shape index (κ2) is 5.10. The fraction of sp³-hybridized carbons (Fsp3) is 0.235. The lowest BCUT2D eigenvalue weighted by Crippen LogP contribution is -2.24. The van der Waals surface area contributed by atoms with Crippen molar-refractivity contribution < 1.29 is 14.3 Å². The van der Waals surface area contributed by atoms with E-state index in [1.54, 1.807) is 10.7 Å². The molecule has 2 aromatic carbocycles. The lowest BCUT2D eigenvalue weighted by molar-refractivity contribution is -0.116. The minimum absolute atomic E-state index is 0.0793. The third kappa shape index (κ3) is 2.09. The molecule has 0 bridgehead atoms. The molecule has 2 aliphatic rings. The maximum Gasteiger partial charge on any atom is 0.231 e. The van der Waals surface area contributed by atoms with Gasteiger partial charge in [-0.1, -0.05) is 22.9 Å². The quantitative estimate of drug-likeness (QED) is 0.725. The van der Waals surface area contributed by atoms with Crippen molar-refractivity contribution in [3.63, 3.8) is 0 Å². The Bertz CT molecular complexity index is 1050. The average molecular weight is 357 g/mol. The molecule has 1 N–H and O–H groups in total. The summed E-state index contributed by atoms with van der Waals surface area (Å²) < 4.78 is 12.5. The van der Waals surface area contributed by atoms with Crippen molar-refractivity contribution in [2.45, 2.75) is 12.3 Å². The van der Waals surface area contributed by atoms with Gasteiger partial charge in [-0.05, 0) is 23.3 Å². The van der Waals surface area contributed by atoms with Gasteiger partial charge in [-0.15, -0.1) is 5.10 Å². The summed E-state index contributed by atoms with van der Waals surface area (Å²) in [7, 11) is 1.82. The first kappa shape index (κ1) is 14.5. The van der Waals surface area contributed by atoms with Gasteiger partial charge in [0.2, 0.25) is 12.7 Å². The van der Waals surface area contributed by atoms with E-state index in [1.165, 1.54) is 0 Å². The Hall–Kier alpha value is -2.80. The highest BCUT2D eigenvalue weighted by atomic mass is 35.5. The number of hydrogen-bond acceptors (Lipinski definition) is 5. The van der Waals surface area contributed by atoms with E-state index in [0.717, 1.165) is 16.6 Å². The second-order valence-corrected chi connectivity index (χ2v) is 6.55. The van der Waals surface area contributed by atoms with Crippen molar-refractivity contribution in [3.05, 3.63) is 40.4 Å². The molecular weight excluding hydrogens is 344 g/mol. The molecule has 0 fully saturated rings. The monoisotopic (exact) mass is 356 g/mol. The predicted octanol–water partition coefficient (Wildman–Crippen LogP) is 2.82. The minimum atomic E-state index is -0.183. The molecule has 126 valence electrons. The minimum Gasteiger partial charge on any atom is -0.454 e. The molecule has 3 heterocycles. The Morgan fingerprint density at radius 3 is 2.88 bits per heavy atom. The zero-order chi connectivity index (χ0) is 17.1. The van der Waals surface area contributed by atoms with Gasteiger partial charge < -0.3 is 14.8 Å². The van der Waals surface area contributed by atoms with Crippen LogP contribution in [0.25, 0.3) is 11.0 Å². The number of rotatable bonds is 1. The summed E-state index contributed by atoms with van der Waals surface area (Å²) in [5.74, 6) is 1.01. The number of halogens is 1. The van der Waals surface area contributed by atoms with Crippen molar-refractivity contribution in [2.75, 3.05) is 12.1 Å². The third-order valence-electron chi connectivity index (χ3n) is 4.71. The zero-order valence-corrected chi connectivity index (χ0v) is 14.0. The lowest BCUT2D eigenvalue weighted by atomic mass is 9.84. The summed E-state index contributed by atoms with van der Waals surface area (Å²) in [4.78, 5) is 12.3. The van der Waals surface area contributed by atoms with E-state index in [2.05, 4.69) is 15.6 Å². The largest absolute Gasteiger partial charge is 0.454 e. The zero-order valence-electron chi connectivity index (χ0n) is 13.2. The van der Waals surface area contributed by atoms with Gasteiger partial charge in [0, 0.05) is 30.5 Å². The summed E-state index contributed by atoms with van der Waals surface area (Å²) >= 11 is 6.48. The van der Waals surface area contributed by atoms with E-state index in [9.17, 15) is 4.79 Å². The Labute approximate surface area is 147 Å². The van der Waals surface area contributed by atoms with E-state index in [-0.39, 0.29) is 18.6 Å². The number of benzene rings is 2. The molecule has 25 heavy (non-hydrogen) atoms. The number of carbonyl (C=O) groups is 1. The van der Waals surface area contributed by atoms with Crippen molar-refractivity contribution in [3.8, 4) is 11.5 Å². The van der Waals surface area contributed by atoms with E-state index in [4.69, 9.17) is 21.1 Å². The molecule has 1 aromatic heterocycles. The first-order chi connectivity index (χ1) is 12.1. The highest BCUT2D eigenvalue weighted by Gasteiger charge is 2.31. The van der Waals surface area contributed by atoms with Crippen LogP contribution in [0.15, 0.2) is 24.3 Å². The molecule has 3 aromatic rings. The Balaban J connectivity index is 1.72. The second-order valence-electron chi connectivity index (χ2n) is 6.14. The van der Waals surface area contributed by atoms with Gasteiger partial charge in [0.15, 0.2) is 11.5 Å². The van der Waals surface area contributed by atoms with Crippen LogP contribution in [0.1, 0.15) is 23.5 Å². The van der Waals surface area contributed by atoms with Crippen LogP contribution in [0.2, 0.25) is 5.02 Å². The average Bonchev–Trinajstić information content (AvgIpc) is 3.20. The summed E-state index contributed by atoms with van der Waals surface area (Å²) in [6.07, 6.45) is 0.304. The first-order valence-corrected chi connectivity index (χ1v) is 8.21. The molecule has 0 radical (unpaired) electrons. The fourth-order valence-electron chi connectivity index (χ4n) is 3.50.